The number of rotatable bonds is 7. The first kappa shape index (κ1) is 24.2. The summed E-state index contributed by atoms with van der Waals surface area (Å²) in [5.41, 5.74) is 9.37. The van der Waals surface area contributed by atoms with Gasteiger partial charge in [0.1, 0.15) is 0 Å². The lowest BCUT2D eigenvalue weighted by Gasteiger charge is -2.37. The minimum absolute atomic E-state index is 0. The van der Waals surface area contributed by atoms with E-state index in [1.807, 2.05) is 29.2 Å². The molecule has 2 amide bonds. The van der Waals surface area contributed by atoms with Crippen molar-refractivity contribution in [3.63, 3.8) is 0 Å². The van der Waals surface area contributed by atoms with E-state index in [2.05, 4.69) is 33.5 Å². The van der Waals surface area contributed by atoms with Crippen molar-refractivity contribution < 1.29 is 19.3 Å². The molecule has 0 spiro atoms. The fourth-order valence-electron chi connectivity index (χ4n) is 4.25. The van der Waals surface area contributed by atoms with Gasteiger partial charge in [-0.2, -0.15) is 5.10 Å². The highest BCUT2D eigenvalue weighted by molar-refractivity contribution is 5.99. The molecule has 0 unspecified atom stereocenters. The molecule has 2 aromatic carbocycles. The Morgan fingerprint density at radius 2 is 2.00 bits per heavy atom. The molecule has 3 aromatic rings. The summed E-state index contributed by atoms with van der Waals surface area (Å²) in [7, 11) is 2.14. The Kier molecular flexibility index (Phi) is 8.02. The maximum atomic E-state index is 12.6. The Hall–Kier alpha value is -3.43. The third-order valence-electron chi connectivity index (χ3n) is 6.33. The molecule has 0 saturated carbocycles. The van der Waals surface area contributed by atoms with Crippen LogP contribution in [-0.2, 0) is 11.2 Å². The molecule has 9 heteroatoms. The second-order valence-corrected chi connectivity index (χ2v) is 8.40. The van der Waals surface area contributed by atoms with Crippen molar-refractivity contribution in [1.29, 1.82) is 0 Å². The molecular formula is C24H38N6O3. The summed E-state index contributed by atoms with van der Waals surface area (Å²) < 4.78 is 0. The number of hydrogen-bond donors (Lipinski definition) is 3. The molecular weight excluding hydrogens is 420 g/mol. The van der Waals surface area contributed by atoms with E-state index in [0.717, 1.165) is 42.4 Å². The van der Waals surface area contributed by atoms with E-state index in [9.17, 15) is 9.59 Å². The number of anilines is 1. The Labute approximate surface area is 197 Å². The predicted molar refractivity (Wildman–Crippen MR) is 135 cm³/mol. The van der Waals surface area contributed by atoms with Crippen molar-refractivity contribution >= 4 is 28.4 Å². The maximum absolute atomic E-state index is 12.6. The molecule has 182 valence electrons. The van der Waals surface area contributed by atoms with Gasteiger partial charge >= 0.3 is 0 Å². The first-order valence-corrected chi connectivity index (χ1v) is 11.0. The zero-order valence-electron chi connectivity index (χ0n) is 18.9. The van der Waals surface area contributed by atoms with Crippen LogP contribution in [-0.4, -0.2) is 76.6 Å². The van der Waals surface area contributed by atoms with E-state index < -0.39 is 0 Å². The summed E-state index contributed by atoms with van der Waals surface area (Å²) in [4.78, 5) is 29.2. The lowest BCUT2D eigenvalue weighted by atomic mass is 10.0. The first-order chi connectivity index (χ1) is 15.5. The summed E-state index contributed by atoms with van der Waals surface area (Å²) in [6.07, 6.45) is 4.48. The van der Waals surface area contributed by atoms with Crippen LogP contribution in [0.2, 0.25) is 0 Å². The van der Waals surface area contributed by atoms with Crippen molar-refractivity contribution in [1.82, 2.24) is 25.3 Å². The molecule has 1 fully saturated rings. The third-order valence-corrected chi connectivity index (χ3v) is 6.33. The molecule has 9 nitrogen and oxygen atoms in total. The van der Waals surface area contributed by atoms with Crippen LogP contribution < -0.4 is 11.1 Å². The monoisotopic (exact) mass is 458 g/mol. The van der Waals surface area contributed by atoms with Gasteiger partial charge in [0.25, 0.3) is 5.91 Å². The normalized spacial score (nSPS) is 14.3. The van der Waals surface area contributed by atoms with Gasteiger partial charge in [0.05, 0.1) is 18.3 Å². The standard InChI is InChI=1S/C24H30N6O2.H2O.3H2/c1-29(11-8-17-4-2-3-5-21(17)25)20-9-12-30(13-10-20)23(31)16-26-24(32)18-6-7-19-15-27-28-22(19)14-18;;;;/h2-7,14-15,20H,8-13,16,25H2,1H3,(H,26,32)(H,27,28);1H2;3*1H. The number of likely N-dealkylation sites (N-methyl/N-ethyl adjacent to an activating group) is 1. The van der Waals surface area contributed by atoms with Crippen LogP contribution in [0.3, 0.4) is 0 Å². The Morgan fingerprint density at radius 3 is 2.76 bits per heavy atom. The van der Waals surface area contributed by atoms with Crippen LogP contribution in [0.25, 0.3) is 10.9 Å². The van der Waals surface area contributed by atoms with Gasteiger partial charge in [-0.1, -0.05) is 24.3 Å². The van der Waals surface area contributed by atoms with Crippen LogP contribution >= 0.6 is 0 Å². The average Bonchev–Trinajstić information content (AvgIpc) is 3.29. The highest BCUT2D eigenvalue weighted by Crippen LogP contribution is 2.18. The van der Waals surface area contributed by atoms with Crippen LogP contribution in [0, 0.1) is 0 Å². The average molecular weight is 459 g/mol. The summed E-state index contributed by atoms with van der Waals surface area (Å²) in [6.45, 7) is 2.35. The zero-order valence-corrected chi connectivity index (χ0v) is 18.9. The fraction of sp³-hybridized carbons (Fsp3) is 0.375. The van der Waals surface area contributed by atoms with E-state index in [1.165, 1.54) is 5.56 Å². The molecule has 1 aliphatic heterocycles. The number of carbonyl (C=O) groups is 2. The van der Waals surface area contributed by atoms with Crippen molar-refractivity contribution in [2.45, 2.75) is 25.3 Å². The van der Waals surface area contributed by atoms with Gasteiger partial charge in [0.15, 0.2) is 0 Å². The summed E-state index contributed by atoms with van der Waals surface area (Å²) in [5, 5.41) is 10.5. The van der Waals surface area contributed by atoms with Crippen molar-refractivity contribution in [3.8, 4) is 0 Å². The van der Waals surface area contributed by atoms with Gasteiger partial charge < -0.3 is 26.3 Å². The van der Waals surface area contributed by atoms with Gasteiger partial charge in [-0.05, 0) is 50.1 Å². The SMILES string of the molecule is CN(CCc1ccccc1N)C1CCN(C(=O)CNC(=O)c2ccc3cn[nH]c3c2)CC1.O.[HH].[HH].[HH]. The Morgan fingerprint density at radius 1 is 1.24 bits per heavy atom. The molecule has 1 aliphatic rings. The number of aromatic amines is 1. The van der Waals surface area contributed by atoms with Crippen molar-refractivity contribution in [3.05, 3.63) is 59.8 Å². The number of fused-ring (bicyclic) bond motifs is 1. The number of likely N-dealkylation sites (tertiary alicyclic amines) is 1. The molecule has 33 heavy (non-hydrogen) atoms. The number of benzene rings is 2. The molecule has 2 heterocycles. The van der Waals surface area contributed by atoms with Crippen LogP contribution in [0.5, 0.6) is 0 Å². The predicted octanol–water partition coefficient (Wildman–Crippen LogP) is 1.95. The van der Waals surface area contributed by atoms with Crippen LogP contribution in [0.4, 0.5) is 5.69 Å². The Bertz CT molecular complexity index is 1110. The number of nitrogens with two attached hydrogens (primary N) is 1. The number of hydrogen-bond acceptors (Lipinski definition) is 5. The number of nitrogens with one attached hydrogen (secondary N) is 2. The number of H-pyrrole nitrogens is 1. The topological polar surface area (TPSA) is 139 Å². The molecule has 4 rings (SSSR count). The van der Waals surface area contributed by atoms with Gasteiger partial charge in [0.2, 0.25) is 5.91 Å². The van der Waals surface area contributed by atoms with Crippen molar-refractivity contribution in [2.75, 3.05) is 39.0 Å². The molecule has 6 N–H and O–H groups in total. The van der Waals surface area contributed by atoms with Gasteiger partial charge in [-0.25, -0.2) is 0 Å². The van der Waals surface area contributed by atoms with E-state index in [4.69, 9.17) is 5.73 Å². The van der Waals surface area contributed by atoms with Gasteiger partial charge in [-0.3, -0.25) is 14.7 Å². The molecule has 0 aliphatic carbocycles. The van der Waals surface area contributed by atoms with Crippen molar-refractivity contribution in [2.24, 2.45) is 0 Å². The third kappa shape index (κ3) is 5.88. The van der Waals surface area contributed by atoms with E-state index in [-0.39, 0.29) is 28.1 Å². The minimum Gasteiger partial charge on any atom is -0.412 e. The highest BCUT2D eigenvalue weighted by atomic mass is 16.2. The van der Waals surface area contributed by atoms with E-state index in [1.54, 1.807) is 18.3 Å². The fourth-order valence-corrected chi connectivity index (χ4v) is 4.25. The summed E-state index contributed by atoms with van der Waals surface area (Å²) >= 11 is 0. The van der Waals surface area contributed by atoms with E-state index in [0.29, 0.717) is 24.7 Å². The molecule has 0 bridgehead atoms. The number of aromatic nitrogens is 2. The second-order valence-electron chi connectivity index (χ2n) is 8.40. The Balaban J connectivity index is 0.00000306. The molecule has 1 saturated heterocycles. The quantitative estimate of drug-likeness (QED) is 0.465. The number of para-hydroxylation sites is 1. The van der Waals surface area contributed by atoms with Gasteiger partial charge in [0, 0.05) is 46.6 Å². The highest BCUT2D eigenvalue weighted by Gasteiger charge is 2.25. The lowest BCUT2D eigenvalue weighted by Crippen LogP contribution is -2.48. The number of carbonyl (C=O) groups excluding carboxylic acids is 2. The molecule has 0 radical (unpaired) electrons. The summed E-state index contributed by atoms with van der Waals surface area (Å²) in [6, 6.07) is 13.7. The number of nitrogen functional groups attached to an aromatic ring is 1. The number of nitrogens with zero attached hydrogens (tertiary/aromatic N) is 3. The minimum atomic E-state index is -0.260. The zero-order chi connectivity index (χ0) is 22.5. The van der Waals surface area contributed by atoms with E-state index >= 15 is 0 Å². The smallest absolute Gasteiger partial charge is 0.251 e. The lowest BCUT2D eigenvalue weighted by molar-refractivity contribution is -0.131. The second kappa shape index (κ2) is 10.9. The summed E-state index contributed by atoms with van der Waals surface area (Å²) in [5.74, 6) is -0.302. The number of piperidine rings is 1. The maximum Gasteiger partial charge on any atom is 0.251 e. The largest absolute Gasteiger partial charge is 0.412 e. The molecule has 0 atom stereocenters. The van der Waals surface area contributed by atoms with Crippen LogP contribution in [0.1, 0.15) is 33.0 Å². The molecule has 1 aromatic heterocycles. The van der Waals surface area contributed by atoms with Crippen LogP contribution in [0.15, 0.2) is 48.7 Å². The van der Waals surface area contributed by atoms with Gasteiger partial charge in [-0.15, -0.1) is 0 Å². The number of amides is 2. The first-order valence-electron chi connectivity index (χ1n) is 11.0.